The Morgan fingerprint density at radius 1 is 1.23 bits per heavy atom. The van der Waals surface area contributed by atoms with Crippen LogP contribution in [0.25, 0.3) is 0 Å². The fraction of sp³-hybridized carbons (Fsp3) is 0.391. The van der Waals surface area contributed by atoms with E-state index >= 15 is 0 Å². The summed E-state index contributed by atoms with van der Waals surface area (Å²) in [6, 6.07) is 12.8. The van der Waals surface area contributed by atoms with Crippen LogP contribution in [0.4, 0.5) is 10.5 Å². The molecule has 1 fully saturated rings. The predicted molar refractivity (Wildman–Crippen MR) is 119 cm³/mol. The molecule has 0 aliphatic carbocycles. The molecule has 1 aliphatic rings. The molecule has 1 unspecified atom stereocenters. The summed E-state index contributed by atoms with van der Waals surface area (Å²) in [7, 11) is 1.62. The van der Waals surface area contributed by atoms with E-state index in [0.29, 0.717) is 30.3 Å². The van der Waals surface area contributed by atoms with Crippen LogP contribution >= 0.6 is 11.6 Å². The van der Waals surface area contributed by atoms with Gasteiger partial charge in [0.15, 0.2) is 0 Å². The molecule has 0 aromatic heterocycles. The van der Waals surface area contributed by atoms with E-state index in [1.54, 1.807) is 24.1 Å². The van der Waals surface area contributed by atoms with Gasteiger partial charge in [-0.25, -0.2) is 4.79 Å². The number of nitrogens with zero attached hydrogens (tertiary/aromatic N) is 1. The number of hydrogen-bond donors (Lipinski definition) is 2. The molecule has 0 saturated carbocycles. The second kappa shape index (κ2) is 9.39. The number of methoxy groups -OCH3 is 1. The van der Waals surface area contributed by atoms with Gasteiger partial charge in [-0.15, -0.1) is 0 Å². The molecule has 3 rings (SSSR count). The molecule has 2 N–H and O–H groups in total. The number of nitrogens with one attached hydrogen (secondary N) is 2. The number of amides is 3. The minimum atomic E-state index is -0.641. The van der Waals surface area contributed by atoms with E-state index in [1.165, 1.54) is 0 Å². The average Bonchev–Trinajstić information content (AvgIpc) is 2.75. The lowest BCUT2D eigenvalue weighted by Gasteiger charge is -2.39. The molecular weight excluding hydrogens is 402 g/mol. The summed E-state index contributed by atoms with van der Waals surface area (Å²) in [4.78, 5) is 27.5. The molecule has 1 atom stereocenters. The van der Waals surface area contributed by atoms with Crippen LogP contribution in [-0.4, -0.2) is 37.0 Å². The predicted octanol–water partition coefficient (Wildman–Crippen LogP) is 4.61. The molecule has 160 valence electrons. The van der Waals surface area contributed by atoms with Crippen molar-refractivity contribution in [2.45, 2.75) is 33.2 Å². The zero-order chi connectivity index (χ0) is 21.7. The summed E-state index contributed by atoms with van der Waals surface area (Å²) < 4.78 is 5.23. The van der Waals surface area contributed by atoms with Crippen LogP contribution in [0.3, 0.4) is 0 Å². The molecule has 1 saturated heterocycles. The summed E-state index contributed by atoms with van der Waals surface area (Å²) in [6.45, 7) is 5.17. The Balaban J connectivity index is 1.62. The second-order valence-electron chi connectivity index (χ2n) is 7.96. The summed E-state index contributed by atoms with van der Waals surface area (Å²) in [5.74, 6) is 0.700. The van der Waals surface area contributed by atoms with Gasteiger partial charge in [-0.3, -0.25) is 4.79 Å². The van der Waals surface area contributed by atoms with E-state index in [-0.39, 0.29) is 11.9 Å². The lowest BCUT2D eigenvalue weighted by Crippen LogP contribution is -2.52. The number of urea groups is 1. The van der Waals surface area contributed by atoms with Crippen LogP contribution in [0.1, 0.15) is 30.9 Å². The second-order valence-corrected chi connectivity index (χ2v) is 8.37. The van der Waals surface area contributed by atoms with Crippen molar-refractivity contribution in [2.75, 3.05) is 25.5 Å². The SMILES string of the molecule is COc1cccc(CNC(=O)C2(C)CCCN(C(=O)Nc3cccc(Cl)c3C)C2)c1. The zero-order valence-electron chi connectivity index (χ0n) is 17.6. The Morgan fingerprint density at radius 2 is 2.00 bits per heavy atom. The first-order chi connectivity index (χ1) is 14.3. The number of carbonyl (C=O) groups is 2. The van der Waals surface area contributed by atoms with Crippen molar-refractivity contribution in [3.05, 3.63) is 58.6 Å². The van der Waals surface area contributed by atoms with Gasteiger partial charge < -0.3 is 20.3 Å². The molecule has 0 radical (unpaired) electrons. The number of ether oxygens (including phenoxy) is 1. The van der Waals surface area contributed by atoms with Crippen LogP contribution in [-0.2, 0) is 11.3 Å². The number of likely N-dealkylation sites (tertiary alicyclic amines) is 1. The summed E-state index contributed by atoms with van der Waals surface area (Å²) in [5.41, 5.74) is 1.83. The third kappa shape index (κ3) is 5.05. The number of piperidine rings is 1. The summed E-state index contributed by atoms with van der Waals surface area (Å²) >= 11 is 6.15. The molecule has 3 amide bonds. The van der Waals surface area contributed by atoms with E-state index in [1.807, 2.05) is 44.2 Å². The van der Waals surface area contributed by atoms with Crippen molar-refractivity contribution in [3.63, 3.8) is 0 Å². The first-order valence-corrected chi connectivity index (χ1v) is 10.4. The highest BCUT2D eigenvalue weighted by Gasteiger charge is 2.39. The van der Waals surface area contributed by atoms with Crippen molar-refractivity contribution in [1.82, 2.24) is 10.2 Å². The highest BCUT2D eigenvalue weighted by molar-refractivity contribution is 6.31. The Labute approximate surface area is 182 Å². The Hall–Kier alpha value is -2.73. The van der Waals surface area contributed by atoms with Gasteiger partial charge in [-0.05, 0) is 62.1 Å². The molecule has 0 spiro atoms. The largest absolute Gasteiger partial charge is 0.497 e. The van der Waals surface area contributed by atoms with E-state index in [4.69, 9.17) is 16.3 Å². The normalized spacial score (nSPS) is 18.6. The number of hydrogen-bond acceptors (Lipinski definition) is 3. The van der Waals surface area contributed by atoms with Gasteiger partial charge in [0.2, 0.25) is 5.91 Å². The smallest absolute Gasteiger partial charge is 0.321 e. The lowest BCUT2D eigenvalue weighted by molar-refractivity contribution is -0.132. The third-order valence-electron chi connectivity index (χ3n) is 5.63. The van der Waals surface area contributed by atoms with Gasteiger partial charge in [0, 0.05) is 30.3 Å². The maximum Gasteiger partial charge on any atom is 0.321 e. The topological polar surface area (TPSA) is 70.7 Å². The van der Waals surface area contributed by atoms with Crippen molar-refractivity contribution in [3.8, 4) is 5.75 Å². The Morgan fingerprint density at radius 3 is 2.77 bits per heavy atom. The van der Waals surface area contributed by atoms with Gasteiger partial charge >= 0.3 is 6.03 Å². The van der Waals surface area contributed by atoms with Crippen molar-refractivity contribution >= 4 is 29.2 Å². The molecule has 7 heteroatoms. The maximum absolute atomic E-state index is 13.0. The van der Waals surface area contributed by atoms with Crippen LogP contribution in [0, 0.1) is 12.3 Å². The summed E-state index contributed by atoms with van der Waals surface area (Å²) in [5, 5.41) is 6.55. The monoisotopic (exact) mass is 429 g/mol. The average molecular weight is 430 g/mol. The third-order valence-corrected chi connectivity index (χ3v) is 6.04. The number of carbonyl (C=O) groups excluding carboxylic acids is 2. The van der Waals surface area contributed by atoms with Crippen LogP contribution in [0.15, 0.2) is 42.5 Å². The van der Waals surface area contributed by atoms with Gasteiger partial charge in [0.1, 0.15) is 5.75 Å². The minimum absolute atomic E-state index is 0.0539. The molecule has 0 bridgehead atoms. The maximum atomic E-state index is 13.0. The van der Waals surface area contributed by atoms with Crippen LogP contribution in [0.5, 0.6) is 5.75 Å². The summed E-state index contributed by atoms with van der Waals surface area (Å²) in [6.07, 6.45) is 1.50. The highest BCUT2D eigenvalue weighted by atomic mass is 35.5. The number of rotatable bonds is 5. The highest BCUT2D eigenvalue weighted by Crippen LogP contribution is 2.31. The first-order valence-electron chi connectivity index (χ1n) is 10.0. The molecule has 1 aliphatic heterocycles. The van der Waals surface area contributed by atoms with E-state index < -0.39 is 5.41 Å². The number of benzene rings is 2. The number of anilines is 1. The fourth-order valence-electron chi connectivity index (χ4n) is 3.71. The van der Waals surface area contributed by atoms with E-state index in [2.05, 4.69) is 10.6 Å². The molecule has 2 aromatic rings. The minimum Gasteiger partial charge on any atom is -0.497 e. The van der Waals surface area contributed by atoms with Gasteiger partial charge in [0.25, 0.3) is 0 Å². The number of halogens is 1. The van der Waals surface area contributed by atoms with Gasteiger partial charge in [-0.1, -0.05) is 29.8 Å². The van der Waals surface area contributed by atoms with Gasteiger partial charge in [-0.2, -0.15) is 0 Å². The standard InChI is InChI=1S/C23H28ClN3O3/c1-16-19(24)9-5-10-20(16)26-22(29)27-12-6-11-23(2,15-27)21(28)25-14-17-7-4-8-18(13-17)30-3/h4-5,7-10,13H,6,11-12,14-15H2,1-3H3,(H,25,28)(H,26,29). The quantitative estimate of drug-likeness (QED) is 0.729. The molecule has 6 nitrogen and oxygen atoms in total. The van der Waals surface area contributed by atoms with E-state index in [9.17, 15) is 9.59 Å². The van der Waals surface area contributed by atoms with Crippen molar-refractivity contribution in [2.24, 2.45) is 5.41 Å². The van der Waals surface area contributed by atoms with Crippen molar-refractivity contribution < 1.29 is 14.3 Å². The molecule has 2 aromatic carbocycles. The van der Waals surface area contributed by atoms with E-state index in [0.717, 1.165) is 29.7 Å². The molecular formula is C23H28ClN3O3. The lowest BCUT2D eigenvalue weighted by atomic mass is 9.81. The van der Waals surface area contributed by atoms with Crippen molar-refractivity contribution in [1.29, 1.82) is 0 Å². The Kier molecular flexibility index (Phi) is 6.87. The zero-order valence-corrected chi connectivity index (χ0v) is 18.4. The van der Waals surface area contributed by atoms with Crippen LogP contribution < -0.4 is 15.4 Å². The molecule has 1 heterocycles. The molecule has 30 heavy (non-hydrogen) atoms. The first kappa shape index (κ1) is 22.0. The Bertz CT molecular complexity index is 934. The van der Waals surface area contributed by atoms with Crippen LogP contribution in [0.2, 0.25) is 5.02 Å². The van der Waals surface area contributed by atoms with Gasteiger partial charge in [0.05, 0.1) is 12.5 Å². The fourth-order valence-corrected chi connectivity index (χ4v) is 3.89.